The Morgan fingerprint density at radius 2 is 1.00 bits per heavy atom. The molecule has 0 aliphatic heterocycles. The van der Waals surface area contributed by atoms with Crippen LogP contribution in [0.2, 0.25) is 0 Å². The highest BCUT2D eigenvalue weighted by Crippen LogP contribution is 2.50. The van der Waals surface area contributed by atoms with E-state index in [1.165, 1.54) is 0 Å². The van der Waals surface area contributed by atoms with Crippen molar-refractivity contribution in [1.82, 2.24) is 0 Å². The van der Waals surface area contributed by atoms with Crippen LogP contribution in [0.25, 0.3) is 0 Å². The van der Waals surface area contributed by atoms with Gasteiger partial charge in [-0.15, -0.1) is 0 Å². The maximum Gasteiger partial charge on any atom is 0.316 e. The van der Waals surface area contributed by atoms with Gasteiger partial charge in [-0.2, -0.15) is 0 Å². The molecule has 28 heavy (non-hydrogen) atoms. The quantitative estimate of drug-likeness (QED) is 0.660. The van der Waals surface area contributed by atoms with Crippen LogP contribution in [-0.4, -0.2) is 30.9 Å². The predicted molar refractivity (Wildman–Crippen MR) is 102 cm³/mol. The van der Waals surface area contributed by atoms with Gasteiger partial charge in [0.1, 0.15) is 0 Å². The van der Waals surface area contributed by atoms with E-state index in [9.17, 15) is 14.4 Å². The zero-order valence-electron chi connectivity index (χ0n) is 15.6. The van der Waals surface area contributed by atoms with Crippen LogP contribution in [0.5, 0.6) is 0 Å². The molecule has 2 aromatic rings. The summed E-state index contributed by atoms with van der Waals surface area (Å²) >= 11 is 0. The fourth-order valence-corrected chi connectivity index (χ4v) is 3.60. The average molecular weight is 378 g/mol. The predicted octanol–water partition coefficient (Wildman–Crippen LogP) is 3.11. The number of ketones is 1. The maximum atomic E-state index is 12.4. The Hall–Kier alpha value is -2.95. The number of esters is 2. The standard InChI is InChI=1S/C23H22O5/c24-19(15-27-20(25)22(11-12-22)17-7-3-1-4-8-17)16-28-21(26)23(13-14-23)18-9-5-2-6-10-18/h1-10H,11-16H2. The maximum absolute atomic E-state index is 12.4. The number of hydrogen-bond acceptors (Lipinski definition) is 5. The smallest absolute Gasteiger partial charge is 0.316 e. The molecule has 0 bridgehead atoms. The lowest BCUT2D eigenvalue weighted by Crippen LogP contribution is -2.29. The fraction of sp³-hybridized carbons (Fsp3) is 0.348. The van der Waals surface area contributed by atoms with Gasteiger partial charge < -0.3 is 9.47 Å². The van der Waals surface area contributed by atoms with Crippen molar-refractivity contribution in [2.75, 3.05) is 13.2 Å². The zero-order valence-corrected chi connectivity index (χ0v) is 15.6. The molecule has 2 saturated carbocycles. The van der Waals surface area contributed by atoms with Gasteiger partial charge >= 0.3 is 11.9 Å². The Morgan fingerprint density at radius 3 is 1.32 bits per heavy atom. The van der Waals surface area contributed by atoms with Gasteiger partial charge in [0.25, 0.3) is 0 Å². The number of rotatable bonds is 8. The summed E-state index contributed by atoms with van der Waals surface area (Å²) < 4.78 is 10.4. The van der Waals surface area contributed by atoms with Gasteiger partial charge in [-0.3, -0.25) is 14.4 Å². The molecule has 2 aromatic carbocycles. The Kier molecular flexibility index (Phi) is 4.75. The Balaban J connectivity index is 1.27. The second-order valence-electron chi connectivity index (χ2n) is 7.59. The van der Waals surface area contributed by atoms with Gasteiger partial charge in [-0.25, -0.2) is 0 Å². The van der Waals surface area contributed by atoms with Gasteiger partial charge in [0.2, 0.25) is 5.78 Å². The molecule has 0 atom stereocenters. The summed E-state index contributed by atoms with van der Waals surface area (Å²) in [6, 6.07) is 18.9. The first kappa shape index (κ1) is 18.4. The van der Waals surface area contributed by atoms with Crippen molar-refractivity contribution in [3.8, 4) is 0 Å². The van der Waals surface area contributed by atoms with E-state index < -0.39 is 16.6 Å². The number of hydrogen-bond donors (Lipinski definition) is 0. The molecule has 2 fully saturated rings. The lowest BCUT2D eigenvalue weighted by molar-refractivity contribution is -0.155. The van der Waals surface area contributed by atoms with Crippen LogP contribution in [0.1, 0.15) is 36.8 Å². The highest BCUT2D eigenvalue weighted by Gasteiger charge is 2.53. The Labute approximate surface area is 163 Å². The molecule has 0 heterocycles. The molecule has 144 valence electrons. The third kappa shape index (κ3) is 3.44. The van der Waals surface area contributed by atoms with Crippen LogP contribution in [0.15, 0.2) is 60.7 Å². The second kappa shape index (κ2) is 7.23. The van der Waals surface area contributed by atoms with Crippen LogP contribution in [-0.2, 0) is 34.7 Å². The normalized spacial score (nSPS) is 18.0. The van der Waals surface area contributed by atoms with Gasteiger partial charge in [0, 0.05) is 0 Å². The summed E-state index contributed by atoms with van der Waals surface area (Å²) in [7, 11) is 0. The highest BCUT2D eigenvalue weighted by atomic mass is 16.6. The molecule has 5 nitrogen and oxygen atoms in total. The largest absolute Gasteiger partial charge is 0.457 e. The molecule has 5 heteroatoms. The first-order chi connectivity index (χ1) is 13.6. The van der Waals surface area contributed by atoms with Gasteiger partial charge in [0.05, 0.1) is 10.8 Å². The van der Waals surface area contributed by atoms with E-state index in [2.05, 4.69) is 0 Å². The minimum absolute atomic E-state index is 0.376. The van der Waals surface area contributed by atoms with Crippen molar-refractivity contribution in [3.63, 3.8) is 0 Å². The van der Waals surface area contributed by atoms with Gasteiger partial charge in [-0.1, -0.05) is 60.7 Å². The molecule has 0 spiro atoms. The van der Waals surface area contributed by atoms with E-state index >= 15 is 0 Å². The SMILES string of the molecule is O=C(COC(=O)C1(c2ccccc2)CC1)COC(=O)C1(c2ccccc2)CC1. The second-order valence-corrected chi connectivity index (χ2v) is 7.59. The van der Waals surface area contributed by atoms with Crippen molar-refractivity contribution < 1.29 is 23.9 Å². The summed E-state index contributed by atoms with van der Waals surface area (Å²) in [5, 5.41) is 0. The average Bonchev–Trinajstić information content (AvgIpc) is 3.65. The molecule has 0 unspecified atom stereocenters. The van der Waals surface area contributed by atoms with Crippen molar-refractivity contribution in [1.29, 1.82) is 0 Å². The minimum Gasteiger partial charge on any atom is -0.457 e. The summed E-state index contributed by atoms with van der Waals surface area (Å²) in [5.74, 6) is -1.20. The first-order valence-electron chi connectivity index (χ1n) is 9.54. The van der Waals surface area contributed by atoms with E-state index in [1.807, 2.05) is 60.7 Å². The van der Waals surface area contributed by atoms with Crippen molar-refractivity contribution >= 4 is 17.7 Å². The Morgan fingerprint density at radius 1 is 0.643 bits per heavy atom. The van der Waals surface area contributed by atoms with Gasteiger partial charge in [0.15, 0.2) is 13.2 Å². The van der Waals surface area contributed by atoms with Crippen molar-refractivity contribution in [2.24, 2.45) is 0 Å². The van der Waals surface area contributed by atoms with Crippen molar-refractivity contribution in [3.05, 3.63) is 71.8 Å². The van der Waals surface area contributed by atoms with Crippen LogP contribution in [0, 0.1) is 0 Å². The topological polar surface area (TPSA) is 69.7 Å². The summed E-state index contributed by atoms with van der Waals surface area (Å²) in [4.78, 5) is 37.0. The molecule has 2 aliphatic carbocycles. The molecule has 0 aromatic heterocycles. The molecule has 0 radical (unpaired) electrons. The van der Waals surface area contributed by atoms with Gasteiger partial charge in [-0.05, 0) is 36.8 Å². The molecule has 2 aliphatic rings. The fourth-order valence-electron chi connectivity index (χ4n) is 3.60. The third-order valence-electron chi connectivity index (χ3n) is 5.66. The summed E-state index contributed by atoms with van der Waals surface area (Å²) in [6.45, 7) is -0.752. The van der Waals surface area contributed by atoms with Crippen LogP contribution < -0.4 is 0 Å². The monoisotopic (exact) mass is 378 g/mol. The number of carbonyl (C=O) groups is 3. The van der Waals surface area contributed by atoms with E-state index in [1.54, 1.807) is 0 Å². The first-order valence-corrected chi connectivity index (χ1v) is 9.54. The van der Waals surface area contributed by atoms with Crippen LogP contribution in [0.4, 0.5) is 0 Å². The number of ether oxygens (including phenoxy) is 2. The molecule has 4 rings (SSSR count). The summed E-state index contributed by atoms with van der Waals surface area (Å²) in [6.07, 6.45) is 2.88. The van der Waals surface area contributed by atoms with Crippen LogP contribution in [0.3, 0.4) is 0 Å². The van der Waals surface area contributed by atoms with E-state index in [-0.39, 0.29) is 25.2 Å². The zero-order chi connectivity index (χ0) is 19.6. The molecule has 0 saturated heterocycles. The van der Waals surface area contributed by atoms with Crippen molar-refractivity contribution in [2.45, 2.75) is 36.5 Å². The number of Topliss-reactive ketones (excluding diaryl/α,β-unsaturated/α-hetero) is 1. The number of carbonyl (C=O) groups excluding carboxylic acids is 3. The van der Waals surface area contributed by atoms with E-state index in [4.69, 9.17) is 9.47 Å². The lowest BCUT2D eigenvalue weighted by atomic mass is 9.96. The molecule has 0 N–H and O–H groups in total. The van der Waals surface area contributed by atoms with Crippen LogP contribution >= 0.6 is 0 Å². The van der Waals surface area contributed by atoms with E-state index in [0.29, 0.717) is 0 Å². The highest BCUT2D eigenvalue weighted by molar-refractivity contribution is 5.92. The molecular formula is C23H22O5. The number of benzene rings is 2. The summed E-state index contributed by atoms with van der Waals surface area (Å²) in [5.41, 5.74) is 0.586. The molecule has 0 amide bonds. The van der Waals surface area contributed by atoms with E-state index in [0.717, 1.165) is 36.8 Å². The third-order valence-corrected chi connectivity index (χ3v) is 5.66. The molecular weight excluding hydrogens is 356 g/mol. The minimum atomic E-state index is -0.621. The lowest BCUT2D eigenvalue weighted by Gasteiger charge is -2.16. The Bertz CT molecular complexity index is 806.